The first-order valence-electron chi connectivity index (χ1n) is 9.61. The van der Waals surface area contributed by atoms with Crippen molar-refractivity contribution in [3.05, 3.63) is 59.7 Å². The van der Waals surface area contributed by atoms with E-state index >= 15 is 0 Å². The average Bonchev–Trinajstić information content (AvgIpc) is 2.76. The number of phenolic OH excluding ortho intramolecular Hbond substituents is 1. The molecule has 0 aliphatic heterocycles. The highest BCUT2D eigenvalue weighted by molar-refractivity contribution is 5.96. The number of ether oxygens (including phenoxy) is 4. The molecule has 0 aliphatic carbocycles. The van der Waals surface area contributed by atoms with Crippen molar-refractivity contribution in [2.45, 2.75) is 13.8 Å². The van der Waals surface area contributed by atoms with Crippen molar-refractivity contribution >= 4 is 35.8 Å². The zero-order chi connectivity index (χ0) is 24.4. The summed E-state index contributed by atoms with van der Waals surface area (Å²) < 4.78 is 19.9. The lowest BCUT2D eigenvalue weighted by Gasteiger charge is -2.09. The smallest absolute Gasteiger partial charge is 0.331 e. The zero-order valence-electron chi connectivity index (χ0n) is 18.2. The first-order chi connectivity index (χ1) is 15.7. The second-order valence-electron chi connectivity index (χ2n) is 6.57. The molecule has 0 spiro atoms. The van der Waals surface area contributed by atoms with Crippen molar-refractivity contribution in [2.75, 3.05) is 13.7 Å². The number of carbonyl (C=O) groups is 4. The van der Waals surface area contributed by atoms with Gasteiger partial charge in [-0.3, -0.25) is 14.4 Å². The zero-order valence-corrected chi connectivity index (χ0v) is 18.2. The lowest BCUT2D eigenvalue weighted by atomic mass is 10.1. The molecule has 2 rings (SSSR count). The SMILES string of the molecule is COc1cc(/C=C/C(=O)COC(=O)/C=C/c2ccc(OC(C)=O)c(OC(C)=O)c2)ccc1O. The van der Waals surface area contributed by atoms with Gasteiger partial charge in [-0.1, -0.05) is 18.2 Å². The highest BCUT2D eigenvalue weighted by Gasteiger charge is 2.11. The Morgan fingerprint density at radius 2 is 1.39 bits per heavy atom. The molecule has 0 radical (unpaired) electrons. The molecule has 0 aliphatic rings. The van der Waals surface area contributed by atoms with Gasteiger partial charge in [-0.25, -0.2) is 4.79 Å². The summed E-state index contributed by atoms with van der Waals surface area (Å²) in [7, 11) is 1.41. The molecule has 2 aromatic carbocycles. The lowest BCUT2D eigenvalue weighted by Crippen LogP contribution is -2.09. The second kappa shape index (κ2) is 11.8. The fraction of sp³-hybridized carbons (Fsp3) is 0.167. The Morgan fingerprint density at radius 1 is 0.818 bits per heavy atom. The van der Waals surface area contributed by atoms with Gasteiger partial charge in [-0.15, -0.1) is 0 Å². The molecule has 9 heteroatoms. The van der Waals surface area contributed by atoms with E-state index < -0.39 is 30.3 Å². The molecule has 0 aromatic heterocycles. The Kier molecular flexibility index (Phi) is 8.93. The predicted octanol–water partition coefficient (Wildman–Crippen LogP) is 3.09. The summed E-state index contributed by atoms with van der Waals surface area (Å²) >= 11 is 0. The van der Waals surface area contributed by atoms with Crippen LogP contribution in [-0.4, -0.2) is 42.5 Å². The normalized spacial score (nSPS) is 10.8. The molecule has 9 nitrogen and oxygen atoms in total. The minimum absolute atomic E-state index is 0.0133. The van der Waals surface area contributed by atoms with Gasteiger partial charge in [0, 0.05) is 19.9 Å². The number of carbonyl (C=O) groups excluding carboxylic acids is 4. The van der Waals surface area contributed by atoms with Crippen LogP contribution >= 0.6 is 0 Å². The molecule has 0 amide bonds. The molecule has 0 fully saturated rings. The topological polar surface area (TPSA) is 125 Å². The minimum Gasteiger partial charge on any atom is -0.504 e. The first kappa shape index (κ1) is 24.9. The quantitative estimate of drug-likeness (QED) is 0.346. The fourth-order valence-corrected chi connectivity index (χ4v) is 2.49. The Balaban J connectivity index is 1.95. The summed E-state index contributed by atoms with van der Waals surface area (Å²) in [6.07, 6.45) is 5.22. The van der Waals surface area contributed by atoms with Crippen LogP contribution in [0, 0.1) is 0 Å². The molecule has 0 heterocycles. The fourth-order valence-electron chi connectivity index (χ4n) is 2.49. The second-order valence-corrected chi connectivity index (χ2v) is 6.57. The molecule has 2 aromatic rings. The van der Waals surface area contributed by atoms with Crippen LogP contribution in [0.2, 0.25) is 0 Å². The molecule has 172 valence electrons. The summed E-state index contributed by atoms with van der Waals surface area (Å²) in [5.74, 6) is -2.10. The van der Waals surface area contributed by atoms with Gasteiger partial charge in [0.1, 0.15) is 0 Å². The van der Waals surface area contributed by atoms with Crippen LogP contribution in [-0.2, 0) is 23.9 Å². The van der Waals surface area contributed by atoms with Gasteiger partial charge in [0.2, 0.25) is 0 Å². The van der Waals surface area contributed by atoms with Gasteiger partial charge in [0.15, 0.2) is 35.4 Å². The largest absolute Gasteiger partial charge is 0.504 e. The summed E-state index contributed by atoms with van der Waals surface area (Å²) in [4.78, 5) is 46.3. The Bertz CT molecular complexity index is 1110. The minimum atomic E-state index is -0.763. The maximum Gasteiger partial charge on any atom is 0.331 e. The van der Waals surface area contributed by atoms with Crippen LogP contribution in [0.25, 0.3) is 12.2 Å². The molecule has 0 saturated carbocycles. The van der Waals surface area contributed by atoms with Crippen molar-refractivity contribution in [1.29, 1.82) is 0 Å². The number of benzene rings is 2. The van der Waals surface area contributed by atoms with E-state index in [1.807, 2.05) is 0 Å². The maximum absolute atomic E-state index is 11.9. The van der Waals surface area contributed by atoms with Gasteiger partial charge in [-0.2, -0.15) is 0 Å². The number of esters is 3. The Hall–Kier alpha value is -4.40. The Labute approximate surface area is 189 Å². The molecule has 0 unspecified atom stereocenters. The Morgan fingerprint density at radius 3 is 2.03 bits per heavy atom. The molecule has 0 atom stereocenters. The monoisotopic (exact) mass is 454 g/mol. The van der Waals surface area contributed by atoms with Crippen LogP contribution in [0.3, 0.4) is 0 Å². The number of hydrogen-bond donors (Lipinski definition) is 1. The van der Waals surface area contributed by atoms with Crippen molar-refractivity contribution in [2.24, 2.45) is 0 Å². The number of phenols is 1. The van der Waals surface area contributed by atoms with E-state index in [0.717, 1.165) is 6.08 Å². The summed E-state index contributed by atoms with van der Waals surface area (Å²) in [5.41, 5.74) is 1.08. The van der Waals surface area contributed by atoms with Crippen LogP contribution in [0.15, 0.2) is 48.6 Å². The predicted molar refractivity (Wildman–Crippen MR) is 118 cm³/mol. The highest BCUT2D eigenvalue weighted by atomic mass is 16.6. The van der Waals surface area contributed by atoms with Crippen molar-refractivity contribution in [3.63, 3.8) is 0 Å². The number of ketones is 1. The van der Waals surface area contributed by atoms with Crippen molar-refractivity contribution in [3.8, 4) is 23.0 Å². The van der Waals surface area contributed by atoms with E-state index in [2.05, 4.69) is 0 Å². The third-order valence-electron chi connectivity index (χ3n) is 3.91. The summed E-state index contributed by atoms with van der Waals surface area (Å²) in [6.45, 7) is 1.93. The summed E-state index contributed by atoms with van der Waals surface area (Å²) in [6, 6.07) is 8.92. The standard InChI is InChI=1S/C24H22O9/c1-15(25)32-21-10-6-18(13-23(21)33-16(2)26)7-11-24(29)31-14-19(27)8-4-17-5-9-20(28)22(12-17)30-3/h4-13,28H,14H2,1-3H3/b8-4+,11-7+. The number of methoxy groups -OCH3 is 1. The van der Waals surface area contributed by atoms with Crippen LogP contribution < -0.4 is 14.2 Å². The molecule has 0 saturated heterocycles. The van der Waals surface area contributed by atoms with Gasteiger partial charge in [0.25, 0.3) is 0 Å². The lowest BCUT2D eigenvalue weighted by molar-refractivity contribution is -0.141. The maximum atomic E-state index is 11.9. The highest BCUT2D eigenvalue weighted by Crippen LogP contribution is 2.29. The van der Waals surface area contributed by atoms with Crippen LogP contribution in [0.5, 0.6) is 23.0 Å². The van der Waals surface area contributed by atoms with E-state index in [0.29, 0.717) is 11.1 Å². The third kappa shape index (κ3) is 8.33. The van der Waals surface area contributed by atoms with E-state index in [1.54, 1.807) is 12.1 Å². The third-order valence-corrected chi connectivity index (χ3v) is 3.91. The van der Waals surface area contributed by atoms with Crippen LogP contribution in [0.1, 0.15) is 25.0 Å². The molecule has 33 heavy (non-hydrogen) atoms. The van der Waals surface area contributed by atoms with Gasteiger partial charge >= 0.3 is 17.9 Å². The van der Waals surface area contributed by atoms with E-state index in [1.165, 1.54) is 63.5 Å². The number of aromatic hydroxyl groups is 1. The number of rotatable bonds is 9. The first-order valence-corrected chi connectivity index (χ1v) is 9.61. The van der Waals surface area contributed by atoms with Crippen molar-refractivity contribution < 1.29 is 43.2 Å². The van der Waals surface area contributed by atoms with Gasteiger partial charge in [-0.05, 0) is 47.5 Å². The van der Waals surface area contributed by atoms with E-state index in [9.17, 15) is 24.3 Å². The molecule has 0 bridgehead atoms. The van der Waals surface area contributed by atoms with Gasteiger partial charge in [0.05, 0.1) is 7.11 Å². The molecule has 1 N–H and O–H groups in total. The van der Waals surface area contributed by atoms with E-state index in [-0.39, 0.29) is 23.0 Å². The molecular formula is C24H22O9. The van der Waals surface area contributed by atoms with Crippen molar-refractivity contribution in [1.82, 2.24) is 0 Å². The van der Waals surface area contributed by atoms with Gasteiger partial charge < -0.3 is 24.1 Å². The average molecular weight is 454 g/mol. The summed E-state index contributed by atoms with van der Waals surface area (Å²) in [5, 5.41) is 9.57. The van der Waals surface area contributed by atoms with E-state index in [4.69, 9.17) is 18.9 Å². The van der Waals surface area contributed by atoms with Crippen LogP contribution in [0.4, 0.5) is 0 Å². The number of hydrogen-bond acceptors (Lipinski definition) is 9. The molecular weight excluding hydrogens is 432 g/mol.